The first-order valence-electron chi connectivity index (χ1n) is 16.0. The zero-order valence-corrected chi connectivity index (χ0v) is 25.1. The second kappa shape index (κ2) is 19.6. The Bertz CT molecular complexity index is 741. The summed E-state index contributed by atoms with van der Waals surface area (Å²) in [7, 11) is 0. The molecule has 0 aliphatic carbocycles. The lowest BCUT2D eigenvalue weighted by atomic mass is 9.92. The molecule has 0 amide bonds. The SMILES string of the molecule is CCCCCCCCCCCCCCCCCC(=O)C(O)[C@H]1O[C@H](OC2(CO)O[C@H](CO)[C@@H](O)[C@@H]2O)[C@H](O)[C@@H](O)[C@@H]1O. The molecule has 2 fully saturated rings. The van der Waals surface area contributed by atoms with Gasteiger partial charge in [-0.3, -0.25) is 4.79 Å². The van der Waals surface area contributed by atoms with E-state index in [9.17, 15) is 45.6 Å². The number of unbranched alkanes of at least 4 members (excludes halogenated alkanes) is 14. The molecule has 12 heteroatoms. The van der Waals surface area contributed by atoms with Crippen LogP contribution in [0.15, 0.2) is 0 Å². The molecule has 248 valence electrons. The van der Waals surface area contributed by atoms with Crippen molar-refractivity contribution in [1.82, 2.24) is 0 Å². The van der Waals surface area contributed by atoms with E-state index < -0.39 is 79.9 Å². The predicted octanol–water partition coefficient (Wildman–Crippen LogP) is 0.804. The van der Waals surface area contributed by atoms with Crippen molar-refractivity contribution in [2.45, 2.75) is 171 Å². The highest BCUT2D eigenvalue weighted by Gasteiger charge is 2.59. The number of carbonyl (C=O) groups excluding carboxylic acids is 1. The van der Waals surface area contributed by atoms with E-state index in [0.717, 1.165) is 25.7 Å². The van der Waals surface area contributed by atoms with Crippen LogP contribution in [0.1, 0.15) is 110 Å². The first-order chi connectivity index (χ1) is 20.1. The second-order valence-electron chi connectivity index (χ2n) is 11.9. The average Bonchev–Trinajstić information content (AvgIpc) is 3.23. The van der Waals surface area contributed by atoms with Gasteiger partial charge >= 0.3 is 0 Å². The van der Waals surface area contributed by atoms with E-state index in [2.05, 4.69) is 6.92 Å². The van der Waals surface area contributed by atoms with E-state index in [1.807, 2.05) is 0 Å². The Morgan fingerprint density at radius 1 is 0.738 bits per heavy atom. The lowest BCUT2D eigenvalue weighted by molar-refractivity contribution is -0.386. The Morgan fingerprint density at radius 2 is 1.24 bits per heavy atom. The van der Waals surface area contributed by atoms with Crippen molar-refractivity contribution in [3.8, 4) is 0 Å². The van der Waals surface area contributed by atoms with Crippen molar-refractivity contribution in [2.24, 2.45) is 0 Å². The van der Waals surface area contributed by atoms with E-state index in [-0.39, 0.29) is 6.42 Å². The third-order valence-corrected chi connectivity index (χ3v) is 8.50. The molecule has 10 atom stereocenters. The number of hydrogen-bond donors (Lipinski definition) is 8. The highest BCUT2D eigenvalue weighted by molar-refractivity contribution is 5.83. The lowest BCUT2D eigenvalue weighted by Crippen LogP contribution is -2.64. The van der Waals surface area contributed by atoms with Crippen LogP contribution in [0.3, 0.4) is 0 Å². The summed E-state index contributed by atoms with van der Waals surface area (Å²) in [5, 5.41) is 81.3. The average molecular weight is 609 g/mol. The van der Waals surface area contributed by atoms with Gasteiger partial charge in [0.05, 0.1) is 6.61 Å². The van der Waals surface area contributed by atoms with Crippen molar-refractivity contribution in [2.75, 3.05) is 13.2 Å². The van der Waals surface area contributed by atoms with Gasteiger partial charge in [0.25, 0.3) is 0 Å². The van der Waals surface area contributed by atoms with Gasteiger partial charge in [-0.1, -0.05) is 96.8 Å². The number of carbonyl (C=O) groups is 1. The van der Waals surface area contributed by atoms with Crippen molar-refractivity contribution in [1.29, 1.82) is 0 Å². The molecule has 0 aromatic rings. The van der Waals surface area contributed by atoms with E-state index in [4.69, 9.17) is 14.2 Å². The van der Waals surface area contributed by atoms with Crippen LogP contribution in [-0.2, 0) is 19.0 Å². The maximum Gasteiger partial charge on any atom is 0.224 e. The minimum atomic E-state index is -2.34. The summed E-state index contributed by atoms with van der Waals surface area (Å²) in [6.07, 6.45) is 1.76. The monoisotopic (exact) mass is 608 g/mol. The zero-order valence-electron chi connectivity index (χ0n) is 25.1. The molecule has 2 saturated heterocycles. The minimum Gasteiger partial charge on any atom is -0.394 e. The van der Waals surface area contributed by atoms with Gasteiger partial charge in [0.1, 0.15) is 55.4 Å². The van der Waals surface area contributed by atoms with Gasteiger partial charge in [0.15, 0.2) is 12.1 Å². The summed E-state index contributed by atoms with van der Waals surface area (Å²) in [5.74, 6) is -2.95. The largest absolute Gasteiger partial charge is 0.394 e. The lowest BCUT2D eigenvalue weighted by Gasteiger charge is -2.44. The Morgan fingerprint density at radius 3 is 1.69 bits per heavy atom. The number of ether oxygens (including phenoxy) is 3. The minimum absolute atomic E-state index is 0.0307. The molecular weight excluding hydrogens is 552 g/mol. The fourth-order valence-corrected chi connectivity index (χ4v) is 5.70. The molecule has 0 aromatic carbocycles. The molecule has 2 unspecified atom stereocenters. The topological polar surface area (TPSA) is 207 Å². The maximum atomic E-state index is 12.7. The number of Topliss-reactive ketones (excluding diaryl/α,β-unsaturated/α-hetero) is 1. The molecule has 8 N–H and O–H groups in total. The molecule has 0 aromatic heterocycles. The molecule has 2 aliphatic heterocycles. The molecule has 2 heterocycles. The highest BCUT2D eigenvalue weighted by atomic mass is 16.8. The fraction of sp³-hybridized carbons (Fsp3) is 0.967. The summed E-state index contributed by atoms with van der Waals surface area (Å²) in [6.45, 7) is 0.488. The molecular formula is C30H56O12. The van der Waals surface area contributed by atoms with Crippen molar-refractivity contribution in [3.63, 3.8) is 0 Å². The number of rotatable bonds is 22. The van der Waals surface area contributed by atoms with Gasteiger partial charge in [-0.05, 0) is 6.42 Å². The van der Waals surface area contributed by atoms with Crippen LogP contribution in [0, 0.1) is 0 Å². The summed E-state index contributed by atoms with van der Waals surface area (Å²) in [6, 6.07) is 0. The summed E-state index contributed by atoms with van der Waals surface area (Å²) < 4.78 is 16.1. The summed E-state index contributed by atoms with van der Waals surface area (Å²) in [5.41, 5.74) is 0. The summed E-state index contributed by atoms with van der Waals surface area (Å²) in [4.78, 5) is 12.7. The molecule has 42 heavy (non-hydrogen) atoms. The van der Waals surface area contributed by atoms with E-state index in [1.54, 1.807) is 0 Å². The van der Waals surface area contributed by atoms with Gasteiger partial charge in [0.2, 0.25) is 5.79 Å². The molecule has 2 aliphatic rings. The van der Waals surface area contributed by atoms with Crippen LogP contribution in [-0.4, -0.2) is 121 Å². The Hall–Kier alpha value is -0.770. The Labute approximate surface area is 249 Å². The molecule has 2 rings (SSSR count). The first kappa shape index (κ1) is 37.4. The van der Waals surface area contributed by atoms with Crippen molar-refractivity contribution >= 4 is 5.78 Å². The molecule has 0 bridgehead atoms. The van der Waals surface area contributed by atoms with Crippen molar-refractivity contribution in [3.05, 3.63) is 0 Å². The third-order valence-electron chi connectivity index (χ3n) is 8.50. The number of aliphatic hydroxyl groups is 8. The van der Waals surface area contributed by atoms with Gasteiger partial charge in [0, 0.05) is 6.42 Å². The van der Waals surface area contributed by atoms with E-state index >= 15 is 0 Å². The molecule has 0 saturated carbocycles. The maximum absolute atomic E-state index is 12.7. The fourth-order valence-electron chi connectivity index (χ4n) is 5.70. The number of ketones is 1. The molecule has 12 nitrogen and oxygen atoms in total. The van der Waals surface area contributed by atoms with E-state index in [0.29, 0.717) is 6.42 Å². The van der Waals surface area contributed by atoms with Crippen LogP contribution in [0.2, 0.25) is 0 Å². The van der Waals surface area contributed by atoms with Gasteiger partial charge < -0.3 is 55.1 Å². The first-order valence-corrected chi connectivity index (χ1v) is 16.0. The highest BCUT2D eigenvalue weighted by Crippen LogP contribution is 2.36. The van der Waals surface area contributed by atoms with Crippen molar-refractivity contribution < 1.29 is 59.9 Å². The van der Waals surface area contributed by atoms with Crippen LogP contribution in [0.5, 0.6) is 0 Å². The van der Waals surface area contributed by atoms with Crippen LogP contribution >= 0.6 is 0 Å². The molecule has 0 radical (unpaired) electrons. The summed E-state index contributed by atoms with van der Waals surface area (Å²) >= 11 is 0. The standard InChI is InChI=1S/C30H56O12/c1-2-3-4-5-6-7-8-9-10-11-12-13-14-15-16-17-20(33)22(34)27-25(37)24(36)26(38)29(40-27)42-30(19-32)28(39)23(35)21(18-31)41-30/h21-29,31-32,34-39H,2-19H2,1H3/t21-,22?,23-,24+,25+,26-,27-,28+,29-,30?/m1/s1. The van der Waals surface area contributed by atoms with Gasteiger partial charge in [-0.25, -0.2) is 0 Å². The van der Waals surface area contributed by atoms with Gasteiger partial charge in [-0.15, -0.1) is 0 Å². The van der Waals surface area contributed by atoms with Crippen LogP contribution < -0.4 is 0 Å². The quantitative estimate of drug-likeness (QED) is 0.0804. The van der Waals surface area contributed by atoms with Gasteiger partial charge in [-0.2, -0.15) is 0 Å². The Kier molecular flexibility index (Phi) is 17.4. The van der Waals surface area contributed by atoms with Crippen LogP contribution in [0.4, 0.5) is 0 Å². The normalized spacial score (nSPS) is 34.1. The smallest absolute Gasteiger partial charge is 0.224 e. The number of aliphatic hydroxyl groups excluding tert-OH is 8. The second-order valence-corrected chi connectivity index (χ2v) is 11.9. The Balaban J connectivity index is 1.70. The predicted molar refractivity (Wildman–Crippen MR) is 152 cm³/mol. The molecule has 0 spiro atoms. The zero-order chi connectivity index (χ0) is 31.1. The third kappa shape index (κ3) is 10.7. The van der Waals surface area contributed by atoms with E-state index in [1.165, 1.54) is 64.2 Å². The number of hydrogen-bond acceptors (Lipinski definition) is 12. The van der Waals surface area contributed by atoms with Crippen LogP contribution in [0.25, 0.3) is 0 Å².